The van der Waals surface area contributed by atoms with E-state index in [0.29, 0.717) is 6.54 Å². The monoisotopic (exact) mass is 418 g/mol. The van der Waals surface area contributed by atoms with Crippen LogP contribution in [-0.2, 0) is 6.54 Å². The normalized spacial score (nSPS) is 11.1. The van der Waals surface area contributed by atoms with Crippen LogP contribution >= 0.6 is 11.3 Å². The van der Waals surface area contributed by atoms with Crippen molar-refractivity contribution in [1.29, 1.82) is 0 Å². The predicted octanol–water partition coefficient (Wildman–Crippen LogP) is 5.70. The summed E-state index contributed by atoms with van der Waals surface area (Å²) in [6, 6.07) is 18.2. The molecule has 0 saturated heterocycles. The molecule has 0 radical (unpaired) electrons. The van der Waals surface area contributed by atoms with Gasteiger partial charge in [-0.1, -0.05) is 36.4 Å². The minimum Gasteiger partial charge on any atom is -0.494 e. The summed E-state index contributed by atoms with van der Waals surface area (Å²) < 4.78 is 20.7. The number of ketones is 1. The Labute approximate surface area is 177 Å². The van der Waals surface area contributed by atoms with Crippen LogP contribution in [0.25, 0.3) is 16.6 Å². The fraction of sp³-hybridized carbons (Fsp3) is 0.0833. The number of hydrogen-bond acceptors (Lipinski definition) is 4. The highest BCUT2D eigenvalue weighted by Crippen LogP contribution is 2.28. The Balaban J connectivity index is 1.62. The van der Waals surface area contributed by atoms with E-state index in [4.69, 9.17) is 9.84 Å². The van der Waals surface area contributed by atoms with Crippen LogP contribution < -0.4 is 4.74 Å². The predicted molar refractivity (Wildman–Crippen MR) is 117 cm³/mol. The van der Waals surface area contributed by atoms with Crippen molar-refractivity contribution in [3.05, 3.63) is 101 Å². The van der Waals surface area contributed by atoms with Crippen LogP contribution in [0.15, 0.2) is 78.3 Å². The highest BCUT2D eigenvalue weighted by molar-refractivity contribution is 7.13. The molecule has 0 atom stereocenters. The smallest absolute Gasteiger partial charge is 0.185 e. The maximum atomic E-state index is 13.9. The lowest BCUT2D eigenvalue weighted by Crippen LogP contribution is -1.99. The molecule has 4 aromatic rings. The number of carbonyl (C=O) groups is 1. The zero-order valence-corrected chi connectivity index (χ0v) is 17.1. The summed E-state index contributed by atoms with van der Waals surface area (Å²) in [5, 5.41) is 6.71. The molecule has 0 fully saturated rings. The first-order valence-corrected chi connectivity index (χ1v) is 10.2. The highest BCUT2D eigenvalue weighted by Gasteiger charge is 2.12. The van der Waals surface area contributed by atoms with E-state index in [1.807, 2.05) is 58.7 Å². The largest absolute Gasteiger partial charge is 0.494 e. The lowest BCUT2D eigenvalue weighted by molar-refractivity contribution is 0.104. The van der Waals surface area contributed by atoms with E-state index in [2.05, 4.69) is 0 Å². The molecule has 30 heavy (non-hydrogen) atoms. The van der Waals surface area contributed by atoms with Crippen molar-refractivity contribution in [2.24, 2.45) is 0 Å². The first-order valence-electron chi connectivity index (χ1n) is 9.35. The van der Waals surface area contributed by atoms with Gasteiger partial charge in [0.1, 0.15) is 5.69 Å². The van der Waals surface area contributed by atoms with Gasteiger partial charge in [-0.2, -0.15) is 5.10 Å². The van der Waals surface area contributed by atoms with E-state index in [1.54, 1.807) is 23.5 Å². The van der Waals surface area contributed by atoms with Gasteiger partial charge in [0.05, 0.1) is 18.5 Å². The molecule has 0 N–H and O–H groups in total. The number of hydrogen-bond donors (Lipinski definition) is 0. The van der Waals surface area contributed by atoms with Gasteiger partial charge in [0.2, 0.25) is 0 Å². The van der Waals surface area contributed by atoms with Crippen molar-refractivity contribution in [3.8, 4) is 16.3 Å². The first-order chi connectivity index (χ1) is 14.6. The Bertz CT molecular complexity index is 1180. The molecular formula is C24H19FN2O2S. The summed E-state index contributed by atoms with van der Waals surface area (Å²) in [6.07, 6.45) is 5.09. The Kier molecular flexibility index (Phi) is 5.86. The number of rotatable bonds is 7. The summed E-state index contributed by atoms with van der Waals surface area (Å²) in [5.74, 6) is -0.742. The number of thiophene rings is 1. The molecule has 6 heteroatoms. The third-order valence-corrected chi connectivity index (χ3v) is 5.46. The van der Waals surface area contributed by atoms with Gasteiger partial charge in [0.25, 0.3) is 0 Å². The van der Waals surface area contributed by atoms with Gasteiger partial charge in [0, 0.05) is 17.3 Å². The van der Waals surface area contributed by atoms with E-state index in [0.717, 1.165) is 21.7 Å². The second-order valence-electron chi connectivity index (χ2n) is 6.64. The molecule has 0 amide bonds. The average Bonchev–Trinajstić information content (AvgIpc) is 3.42. The van der Waals surface area contributed by atoms with E-state index in [9.17, 15) is 9.18 Å². The quantitative estimate of drug-likeness (QED) is 0.285. The van der Waals surface area contributed by atoms with Gasteiger partial charge < -0.3 is 4.74 Å². The lowest BCUT2D eigenvalue weighted by atomic mass is 10.1. The van der Waals surface area contributed by atoms with E-state index < -0.39 is 5.82 Å². The number of benzene rings is 2. The summed E-state index contributed by atoms with van der Waals surface area (Å²) in [6.45, 7) is 0.630. The lowest BCUT2D eigenvalue weighted by Gasteiger charge is -2.02. The van der Waals surface area contributed by atoms with Crippen molar-refractivity contribution in [1.82, 2.24) is 9.78 Å². The molecule has 0 unspecified atom stereocenters. The second-order valence-corrected chi connectivity index (χ2v) is 7.59. The Hall–Kier alpha value is -3.51. The maximum absolute atomic E-state index is 13.9. The average molecular weight is 418 g/mol. The molecular weight excluding hydrogens is 399 g/mol. The minimum absolute atomic E-state index is 0.109. The molecule has 2 aromatic heterocycles. The van der Waals surface area contributed by atoms with Gasteiger partial charge >= 0.3 is 0 Å². The third-order valence-electron chi connectivity index (χ3n) is 4.58. The minimum atomic E-state index is -0.563. The number of carbonyl (C=O) groups excluding carboxylic acids is 1. The van der Waals surface area contributed by atoms with Gasteiger partial charge in [-0.25, -0.2) is 4.39 Å². The number of methoxy groups -OCH3 is 1. The van der Waals surface area contributed by atoms with Crippen LogP contribution in [0, 0.1) is 5.82 Å². The van der Waals surface area contributed by atoms with Crippen molar-refractivity contribution in [2.75, 3.05) is 7.11 Å². The number of nitrogens with zero attached hydrogens (tertiary/aromatic N) is 2. The second kappa shape index (κ2) is 8.88. The molecule has 0 aliphatic rings. The van der Waals surface area contributed by atoms with E-state index >= 15 is 0 Å². The number of ether oxygens (including phenoxy) is 1. The third kappa shape index (κ3) is 4.39. The van der Waals surface area contributed by atoms with Crippen LogP contribution in [0.3, 0.4) is 0 Å². The summed E-state index contributed by atoms with van der Waals surface area (Å²) in [4.78, 5) is 13.6. The van der Waals surface area contributed by atoms with Gasteiger partial charge in [-0.15, -0.1) is 11.3 Å². The molecule has 4 nitrogen and oxygen atoms in total. The van der Waals surface area contributed by atoms with Crippen LogP contribution in [-0.4, -0.2) is 22.7 Å². The molecule has 0 spiro atoms. The number of allylic oxidation sites excluding steroid dienone is 1. The number of halogens is 1. The molecule has 2 heterocycles. The first kappa shape index (κ1) is 19.8. The molecule has 0 aliphatic heterocycles. The molecule has 150 valence electrons. The zero-order valence-electron chi connectivity index (χ0n) is 16.3. The fourth-order valence-corrected chi connectivity index (χ4v) is 3.83. The van der Waals surface area contributed by atoms with Crippen LogP contribution in [0.4, 0.5) is 4.39 Å². The Morgan fingerprint density at radius 3 is 2.70 bits per heavy atom. The van der Waals surface area contributed by atoms with Crippen LogP contribution in [0.2, 0.25) is 0 Å². The van der Waals surface area contributed by atoms with E-state index in [-0.39, 0.29) is 17.1 Å². The van der Waals surface area contributed by atoms with Gasteiger partial charge in [0.15, 0.2) is 17.3 Å². The fourth-order valence-electron chi connectivity index (χ4n) is 3.10. The standard InChI is InChI=1S/C24H19FN2O2S/c1-29-22-12-10-18(14-20(22)25)21(28)11-9-19-16-27(15-17-6-3-2-4-7-17)26-24(19)23-8-5-13-30-23/h2-14,16H,15H2,1H3/b11-9+. The topological polar surface area (TPSA) is 44.1 Å². The number of aromatic nitrogens is 2. The van der Waals surface area contributed by atoms with Crippen LogP contribution in [0.5, 0.6) is 5.75 Å². The highest BCUT2D eigenvalue weighted by atomic mass is 32.1. The van der Waals surface area contributed by atoms with Crippen molar-refractivity contribution < 1.29 is 13.9 Å². The van der Waals surface area contributed by atoms with Crippen molar-refractivity contribution in [3.63, 3.8) is 0 Å². The van der Waals surface area contributed by atoms with Gasteiger partial charge in [-0.05, 0) is 47.4 Å². The summed E-state index contributed by atoms with van der Waals surface area (Å²) in [5.41, 5.74) is 3.04. The molecule has 0 bridgehead atoms. The molecule has 0 saturated carbocycles. The molecule has 4 rings (SSSR count). The van der Waals surface area contributed by atoms with Crippen molar-refractivity contribution >= 4 is 23.2 Å². The Morgan fingerprint density at radius 2 is 2.00 bits per heavy atom. The zero-order chi connectivity index (χ0) is 20.9. The Morgan fingerprint density at radius 1 is 1.17 bits per heavy atom. The maximum Gasteiger partial charge on any atom is 0.185 e. The van der Waals surface area contributed by atoms with Crippen LogP contribution in [0.1, 0.15) is 21.5 Å². The molecule has 2 aromatic carbocycles. The van der Waals surface area contributed by atoms with Crippen molar-refractivity contribution in [2.45, 2.75) is 6.54 Å². The summed E-state index contributed by atoms with van der Waals surface area (Å²) in [7, 11) is 1.39. The van der Waals surface area contributed by atoms with Gasteiger partial charge in [-0.3, -0.25) is 9.48 Å². The summed E-state index contributed by atoms with van der Waals surface area (Å²) >= 11 is 1.59. The van der Waals surface area contributed by atoms with E-state index in [1.165, 1.54) is 25.3 Å². The SMILES string of the molecule is COc1ccc(C(=O)/C=C/c2cn(Cc3ccccc3)nc2-c2cccs2)cc1F. The molecule has 0 aliphatic carbocycles.